The monoisotopic (exact) mass is 474 g/mol. The molecule has 0 aliphatic carbocycles. The fourth-order valence-corrected chi connectivity index (χ4v) is 4.02. The van der Waals surface area contributed by atoms with Crippen LogP contribution in [0.5, 0.6) is 5.75 Å². The van der Waals surface area contributed by atoms with Gasteiger partial charge in [0.05, 0.1) is 42.2 Å². The van der Waals surface area contributed by atoms with E-state index in [4.69, 9.17) is 13.9 Å². The summed E-state index contributed by atoms with van der Waals surface area (Å²) in [5, 5.41) is 14.3. The summed E-state index contributed by atoms with van der Waals surface area (Å²) in [4.78, 5) is 30.8. The molecule has 1 amide bonds. The van der Waals surface area contributed by atoms with E-state index in [1.54, 1.807) is 24.3 Å². The van der Waals surface area contributed by atoms with Gasteiger partial charge in [-0.25, -0.2) is 4.98 Å². The van der Waals surface area contributed by atoms with Crippen molar-refractivity contribution in [2.75, 3.05) is 43.6 Å². The summed E-state index contributed by atoms with van der Waals surface area (Å²) in [6.45, 7) is 2.18. The Hall–Kier alpha value is -4.44. The Morgan fingerprint density at radius 2 is 1.91 bits per heavy atom. The van der Waals surface area contributed by atoms with Crippen LogP contribution in [-0.2, 0) is 4.74 Å². The van der Waals surface area contributed by atoms with Gasteiger partial charge in [0.25, 0.3) is 11.6 Å². The van der Waals surface area contributed by atoms with Gasteiger partial charge in [0.15, 0.2) is 5.58 Å². The number of methoxy groups -OCH3 is 1. The van der Waals surface area contributed by atoms with E-state index in [-0.39, 0.29) is 11.3 Å². The van der Waals surface area contributed by atoms with E-state index < -0.39 is 10.8 Å². The second-order valence-electron chi connectivity index (χ2n) is 7.91. The lowest BCUT2D eigenvalue weighted by molar-refractivity contribution is -0.384. The maximum atomic E-state index is 13.4. The molecule has 0 spiro atoms. The highest BCUT2D eigenvalue weighted by molar-refractivity contribution is 6.09. The van der Waals surface area contributed by atoms with Gasteiger partial charge in [0.1, 0.15) is 11.3 Å². The largest absolute Gasteiger partial charge is 0.495 e. The Kier molecular flexibility index (Phi) is 6.02. The first-order chi connectivity index (χ1) is 17.0. The van der Waals surface area contributed by atoms with E-state index in [0.717, 1.165) is 5.52 Å². The summed E-state index contributed by atoms with van der Waals surface area (Å²) in [7, 11) is 1.50. The molecule has 2 heterocycles. The van der Waals surface area contributed by atoms with Crippen molar-refractivity contribution >= 4 is 34.1 Å². The maximum Gasteiger partial charge on any atom is 0.270 e. The van der Waals surface area contributed by atoms with Crippen LogP contribution in [-0.4, -0.2) is 49.2 Å². The van der Waals surface area contributed by atoms with E-state index in [1.165, 1.54) is 19.2 Å². The van der Waals surface area contributed by atoms with Gasteiger partial charge in [-0.05, 0) is 36.4 Å². The number of nitro benzene ring substituents is 1. The lowest BCUT2D eigenvalue weighted by Crippen LogP contribution is -2.37. The Morgan fingerprint density at radius 1 is 1.11 bits per heavy atom. The zero-order valence-corrected chi connectivity index (χ0v) is 18.9. The second kappa shape index (κ2) is 9.43. The van der Waals surface area contributed by atoms with E-state index in [9.17, 15) is 14.9 Å². The number of nitrogens with one attached hydrogen (secondary N) is 1. The Balaban J connectivity index is 1.50. The molecule has 1 fully saturated rings. The highest BCUT2D eigenvalue weighted by Gasteiger charge is 2.23. The molecule has 0 saturated carbocycles. The number of hydrogen-bond acceptors (Lipinski definition) is 8. The highest BCUT2D eigenvalue weighted by atomic mass is 16.6. The quantitative estimate of drug-likeness (QED) is 0.320. The molecule has 178 valence electrons. The molecular weight excluding hydrogens is 452 g/mol. The van der Waals surface area contributed by atoms with Crippen molar-refractivity contribution in [3.8, 4) is 17.2 Å². The summed E-state index contributed by atoms with van der Waals surface area (Å²) in [6.07, 6.45) is 0. The third-order valence-corrected chi connectivity index (χ3v) is 5.78. The Labute approximate surface area is 200 Å². The number of fused-ring (bicyclic) bond motifs is 1. The summed E-state index contributed by atoms with van der Waals surface area (Å²) in [5.74, 6) is 0.327. The topological polar surface area (TPSA) is 120 Å². The van der Waals surface area contributed by atoms with Gasteiger partial charge in [-0.1, -0.05) is 12.1 Å². The molecule has 5 rings (SSSR count). The van der Waals surface area contributed by atoms with Crippen molar-refractivity contribution in [3.63, 3.8) is 0 Å². The summed E-state index contributed by atoms with van der Waals surface area (Å²) >= 11 is 0. The number of carbonyl (C=O) groups is 1. The Morgan fingerprint density at radius 3 is 2.66 bits per heavy atom. The van der Waals surface area contributed by atoms with Gasteiger partial charge < -0.3 is 24.1 Å². The normalized spacial score (nSPS) is 13.6. The second-order valence-corrected chi connectivity index (χ2v) is 7.91. The fraction of sp³-hybridized carbons (Fsp3) is 0.200. The fourth-order valence-electron chi connectivity index (χ4n) is 4.02. The number of oxazole rings is 1. The van der Waals surface area contributed by atoms with Gasteiger partial charge in [-0.15, -0.1) is 0 Å². The average molecular weight is 474 g/mol. The first kappa shape index (κ1) is 22.4. The van der Waals surface area contributed by atoms with Crippen LogP contribution in [0.25, 0.3) is 22.6 Å². The molecule has 4 aromatic rings. The predicted octanol–water partition coefficient (Wildman–Crippen LogP) is 4.50. The molecule has 0 bridgehead atoms. The molecule has 3 aromatic carbocycles. The van der Waals surface area contributed by atoms with Gasteiger partial charge in [0.2, 0.25) is 5.89 Å². The molecular formula is C25H22N4O6. The number of aromatic nitrogens is 1. The summed E-state index contributed by atoms with van der Waals surface area (Å²) in [6, 6.07) is 16.9. The highest BCUT2D eigenvalue weighted by Crippen LogP contribution is 2.33. The molecule has 0 unspecified atom stereocenters. The van der Waals surface area contributed by atoms with Crippen molar-refractivity contribution in [3.05, 3.63) is 76.3 Å². The summed E-state index contributed by atoms with van der Waals surface area (Å²) in [5.41, 5.74) is 3.02. The number of amides is 1. The van der Waals surface area contributed by atoms with Crippen molar-refractivity contribution in [1.29, 1.82) is 0 Å². The van der Waals surface area contributed by atoms with Crippen molar-refractivity contribution in [2.24, 2.45) is 0 Å². The first-order valence-corrected chi connectivity index (χ1v) is 11.0. The van der Waals surface area contributed by atoms with Crippen LogP contribution < -0.4 is 15.0 Å². The molecule has 0 atom stereocenters. The zero-order valence-electron chi connectivity index (χ0n) is 18.9. The van der Waals surface area contributed by atoms with Crippen LogP contribution >= 0.6 is 0 Å². The standard InChI is InChI=1S/C25H22N4O6/c1-33-22-9-6-16(25-27-19-4-2-3-5-23(19)35-25)14-20(22)26-24(30)18-15-17(29(31)32)7-8-21(18)28-10-12-34-13-11-28/h2-9,14-15H,10-13H2,1H3,(H,26,30). The third-order valence-electron chi connectivity index (χ3n) is 5.78. The number of carbonyl (C=O) groups excluding carboxylic acids is 1. The van der Waals surface area contributed by atoms with Crippen LogP contribution in [0.3, 0.4) is 0 Å². The number of anilines is 2. The molecule has 1 aromatic heterocycles. The number of hydrogen-bond donors (Lipinski definition) is 1. The lowest BCUT2D eigenvalue weighted by Gasteiger charge is -2.30. The van der Waals surface area contributed by atoms with Gasteiger partial charge in [-0.3, -0.25) is 14.9 Å². The van der Waals surface area contributed by atoms with Crippen LogP contribution in [0.2, 0.25) is 0 Å². The van der Waals surface area contributed by atoms with E-state index in [1.807, 2.05) is 29.2 Å². The minimum atomic E-state index is -0.520. The molecule has 1 aliphatic heterocycles. The SMILES string of the molecule is COc1ccc(-c2nc3ccccc3o2)cc1NC(=O)c1cc([N+](=O)[O-])ccc1N1CCOCC1. The number of morpholine rings is 1. The van der Waals surface area contributed by atoms with Crippen LogP contribution in [0.15, 0.2) is 65.1 Å². The lowest BCUT2D eigenvalue weighted by atomic mass is 10.1. The van der Waals surface area contributed by atoms with Crippen LogP contribution in [0.1, 0.15) is 10.4 Å². The van der Waals surface area contributed by atoms with E-state index >= 15 is 0 Å². The smallest absolute Gasteiger partial charge is 0.270 e. The number of benzene rings is 3. The number of rotatable bonds is 6. The third kappa shape index (κ3) is 4.51. The predicted molar refractivity (Wildman–Crippen MR) is 130 cm³/mol. The van der Waals surface area contributed by atoms with E-state index in [2.05, 4.69) is 10.3 Å². The van der Waals surface area contributed by atoms with Gasteiger partial charge in [0, 0.05) is 30.8 Å². The molecule has 1 N–H and O–H groups in total. The molecule has 35 heavy (non-hydrogen) atoms. The van der Waals surface area contributed by atoms with Crippen LogP contribution in [0, 0.1) is 10.1 Å². The Bertz CT molecular complexity index is 1380. The van der Waals surface area contributed by atoms with Crippen LogP contribution in [0.4, 0.5) is 17.1 Å². The van der Waals surface area contributed by atoms with Crippen molar-refractivity contribution in [2.45, 2.75) is 0 Å². The average Bonchev–Trinajstić information content (AvgIpc) is 3.33. The number of ether oxygens (including phenoxy) is 2. The number of para-hydroxylation sites is 2. The zero-order chi connectivity index (χ0) is 24.4. The molecule has 1 aliphatic rings. The van der Waals surface area contributed by atoms with E-state index in [0.29, 0.717) is 60.5 Å². The van der Waals surface area contributed by atoms with Gasteiger partial charge in [-0.2, -0.15) is 0 Å². The van der Waals surface area contributed by atoms with Gasteiger partial charge >= 0.3 is 0 Å². The number of non-ortho nitro benzene ring substituents is 1. The van der Waals surface area contributed by atoms with Crippen molar-refractivity contribution in [1.82, 2.24) is 4.98 Å². The maximum absolute atomic E-state index is 13.4. The minimum Gasteiger partial charge on any atom is -0.495 e. The molecule has 10 nitrogen and oxygen atoms in total. The summed E-state index contributed by atoms with van der Waals surface area (Å²) < 4.78 is 16.7. The molecule has 0 radical (unpaired) electrons. The number of nitro groups is 1. The first-order valence-electron chi connectivity index (χ1n) is 11.0. The molecule has 10 heteroatoms. The number of nitrogens with zero attached hydrogens (tertiary/aromatic N) is 3. The minimum absolute atomic E-state index is 0.167. The van der Waals surface area contributed by atoms with Crippen molar-refractivity contribution < 1.29 is 23.6 Å². The molecule has 1 saturated heterocycles.